The van der Waals surface area contributed by atoms with Gasteiger partial charge in [-0.1, -0.05) is 48.0 Å². The number of carbonyl (C=O) groups excluding carboxylic acids is 2. The maximum absolute atomic E-state index is 13.1. The lowest BCUT2D eigenvalue weighted by molar-refractivity contribution is -0.127. The Kier molecular flexibility index (Phi) is 5.97. The third-order valence-electron chi connectivity index (χ3n) is 4.65. The lowest BCUT2D eigenvalue weighted by Gasteiger charge is -2.21. The van der Waals surface area contributed by atoms with Gasteiger partial charge in [0.2, 0.25) is 11.8 Å². The number of benzene rings is 2. The van der Waals surface area contributed by atoms with Gasteiger partial charge in [0.15, 0.2) is 0 Å². The Labute approximate surface area is 177 Å². The summed E-state index contributed by atoms with van der Waals surface area (Å²) in [5.41, 5.74) is 1.26. The Bertz CT molecular complexity index is 1010. The standard InChI is InChI=1S/C21H18ClN3O3S/c22-16-11-9-15(10-12-16)19(26)25-13-5-4-8-17(20(25)27)29-21-24-23-18(28-21)14-6-2-1-3-7-14/h1-3,6-7,9-12,17H,4-5,8,13H2/t17-/m0/s1. The first kappa shape index (κ1) is 19.7. The third kappa shape index (κ3) is 4.52. The molecule has 1 atom stereocenters. The summed E-state index contributed by atoms with van der Waals surface area (Å²) in [7, 11) is 0. The van der Waals surface area contributed by atoms with Crippen LogP contribution in [0.3, 0.4) is 0 Å². The van der Waals surface area contributed by atoms with E-state index in [0.29, 0.717) is 34.7 Å². The van der Waals surface area contributed by atoms with E-state index < -0.39 is 5.25 Å². The largest absolute Gasteiger partial charge is 0.411 e. The van der Waals surface area contributed by atoms with Crippen molar-refractivity contribution in [2.24, 2.45) is 0 Å². The molecule has 0 N–H and O–H groups in total. The van der Waals surface area contributed by atoms with Crippen molar-refractivity contribution in [3.8, 4) is 11.5 Å². The van der Waals surface area contributed by atoms with E-state index in [4.69, 9.17) is 16.0 Å². The van der Waals surface area contributed by atoms with Gasteiger partial charge in [-0.05, 0) is 49.2 Å². The summed E-state index contributed by atoms with van der Waals surface area (Å²) in [5.74, 6) is -0.134. The molecule has 3 aromatic rings. The molecule has 2 heterocycles. The first-order valence-corrected chi connectivity index (χ1v) is 10.5. The highest BCUT2D eigenvalue weighted by atomic mass is 35.5. The quantitative estimate of drug-likeness (QED) is 0.561. The zero-order valence-corrected chi connectivity index (χ0v) is 17.0. The molecule has 1 aromatic heterocycles. The fourth-order valence-corrected chi connectivity index (χ4v) is 4.24. The summed E-state index contributed by atoms with van der Waals surface area (Å²) in [6, 6.07) is 16.0. The average molecular weight is 428 g/mol. The van der Waals surface area contributed by atoms with Gasteiger partial charge in [-0.25, -0.2) is 0 Å². The van der Waals surface area contributed by atoms with Crippen LogP contribution in [0.25, 0.3) is 11.5 Å². The van der Waals surface area contributed by atoms with Crippen molar-refractivity contribution >= 4 is 35.2 Å². The number of imide groups is 1. The van der Waals surface area contributed by atoms with Gasteiger partial charge in [-0.3, -0.25) is 14.5 Å². The van der Waals surface area contributed by atoms with Gasteiger partial charge >= 0.3 is 0 Å². The fraction of sp³-hybridized carbons (Fsp3) is 0.238. The van der Waals surface area contributed by atoms with Crippen molar-refractivity contribution < 1.29 is 14.0 Å². The second kappa shape index (κ2) is 8.80. The zero-order chi connectivity index (χ0) is 20.2. The molecule has 29 heavy (non-hydrogen) atoms. The van der Waals surface area contributed by atoms with E-state index in [0.717, 1.165) is 18.4 Å². The number of aromatic nitrogens is 2. The normalized spacial score (nSPS) is 17.2. The van der Waals surface area contributed by atoms with E-state index in [1.807, 2.05) is 30.3 Å². The van der Waals surface area contributed by atoms with Crippen molar-refractivity contribution in [3.05, 3.63) is 65.2 Å². The summed E-state index contributed by atoms with van der Waals surface area (Å²) in [4.78, 5) is 27.3. The Hall–Kier alpha value is -2.64. The van der Waals surface area contributed by atoms with E-state index in [-0.39, 0.29) is 11.8 Å². The van der Waals surface area contributed by atoms with Crippen molar-refractivity contribution in [2.45, 2.75) is 29.7 Å². The van der Waals surface area contributed by atoms with E-state index in [1.165, 1.54) is 16.7 Å². The monoisotopic (exact) mass is 427 g/mol. The lowest BCUT2D eigenvalue weighted by Crippen LogP contribution is -2.41. The van der Waals surface area contributed by atoms with Crippen LogP contribution in [0.15, 0.2) is 64.2 Å². The molecule has 1 saturated heterocycles. The Balaban J connectivity index is 1.50. The Morgan fingerprint density at radius 1 is 1.07 bits per heavy atom. The van der Waals surface area contributed by atoms with Gasteiger partial charge in [0.25, 0.3) is 11.1 Å². The summed E-state index contributed by atoms with van der Waals surface area (Å²) >= 11 is 7.11. The van der Waals surface area contributed by atoms with Crippen LogP contribution >= 0.6 is 23.4 Å². The number of thioether (sulfide) groups is 1. The van der Waals surface area contributed by atoms with Gasteiger partial charge in [-0.15, -0.1) is 10.2 Å². The first-order valence-electron chi connectivity index (χ1n) is 9.28. The number of hydrogen-bond donors (Lipinski definition) is 0. The molecule has 1 aliphatic rings. The highest BCUT2D eigenvalue weighted by Gasteiger charge is 2.33. The Morgan fingerprint density at radius 3 is 2.59 bits per heavy atom. The van der Waals surface area contributed by atoms with E-state index in [1.54, 1.807) is 24.3 Å². The third-order valence-corrected chi connectivity index (χ3v) is 5.99. The van der Waals surface area contributed by atoms with Gasteiger partial charge in [0.1, 0.15) is 0 Å². The highest BCUT2D eigenvalue weighted by Crippen LogP contribution is 2.31. The maximum Gasteiger partial charge on any atom is 0.277 e. The number of rotatable bonds is 4. The van der Waals surface area contributed by atoms with Crippen LogP contribution in [-0.2, 0) is 4.79 Å². The molecule has 148 valence electrons. The highest BCUT2D eigenvalue weighted by molar-refractivity contribution is 8.00. The molecule has 2 amide bonds. The minimum atomic E-state index is -0.446. The number of carbonyl (C=O) groups is 2. The molecule has 2 aromatic carbocycles. The van der Waals surface area contributed by atoms with Crippen LogP contribution in [0.2, 0.25) is 5.02 Å². The van der Waals surface area contributed by atoms with Crippen LogP contribution in [0.4, 0.5) is 0 Å². The topological polar surface area (TPSA) is 76.3 Å². The van der Waals surface area contributed by atoms with Crippen LogP contribution in [-0.4, -0.2) is 38.7 Å². The van der Waals surface area contributed by atoms with Crippen LogP contribution < -0.4 is 0 Å². The number of hydrogen-bond acceptors (Lipinski definition) is 6. The van der Waals surface area contributed by atoms with Crippen LogP contribution in [0.1, 0.15) is 29.6 Å². The molecule has 0 bridgehead atoms. The van der Waals surface area contributed by atoms with E-state index in [9.17, 15) is 9.59 Å². The smallest absolute Gasteiger partial charge is 0.277 e. The molecule has 6 nitrogen and oxygen atoms in total. The number of halogens is 1. The van der Waals surface area contributed by atoms with Crippen molar-refractivity contribution in [1.82, 2.24) is 15.1 Å². The lowest BCUT2D eigenvalue weighted by atomic mass is 10.2. The van der Waals surface area contributed by atoms with Crippen molar-refractivity contribution in [1.29, 1.82) is 0 Å². The summed E-state index contributed by atoms with van der Waals surface area (Å²) in [6.07, 6.45) is 2.26. The summed E-state index contributed by atoms with van der Waals surface area (Å²) in [5, 5.41) is 8.55. The van der Waals surface area contributed by atoms with Crippen LogP contribution in [0, 0.1) is 0 Å². The molecular formula is C21H18ClN3O3S. The summed E-state index contributed by atoms with van der Waals surface area (Å²) < 4.78 is 5.73. The predicted molar refractivity (Wildman–Crippen MR) is 111 cm³/mol. The predicted octanol–water partition coefficient (Wildman–Crippen LogP) is 4.70. The molecule has 1 fully saturated rings. The molecule has 1 aliphatic heterocycles. The molecule has 0 aliphatic carbocycles. The van der Waals surface area contributed by atoms with Gasteiger partial charge in [0.05, 0.1) is 5.25 Å². The van der Waals surface area contributed by atoms with Gasteiger partial charge in [0, 0.05) is 22.7 Å². The summed E-state index contributed by atoms with van der Waals surface area (Å²) in [6.45, 7) is 0.399. The van der Waals surface area contributed by atoms with Gasteiger partial charge in [-0.2, -0.15) is 0 Å². The van der Waals surface area contributed by atoms with Crippen LogP contribution in [0.5, 0.6) is 0 Å². The fourth-order valence-electron chi connectivity index (χ4n) is 3.14. The number of amides is 2. The zero-order valence-electron chi connectivity index (χ0n) is 15.5. The molecule has 0 unspecified atom stereocenters. The molecule has 0 radical (unpaired) electrons. The Morgan fingerprint density at radius 2 is 1.83 bits per heavy atom. The SMILES string of the molecule is O=C(c1ccc(Cl)cc1)N1CCCC[C@H](Sc2nnc(-c3ccccc3)o2)C1=O. The van der Waals surface area contributed by atoms with Crippen molar-refractivity contribution in [2.75, 3.05) is 6.54 Å². The maximum atomic E-state index is 13.1. The van der Waals surface area contributed by atoms with E-state index in [2.05, 4.69) is 10.2 Å². The molecule has 8 heteroatoms. The molecule has 0 saturated carbocycles. The second-order valence-electron chi connectivity index (χ2n) is 6.64. The average Bonchev–Trinajstić information content (AvgIpc) is 3.14. The first-order chi connectivity index (χ1) is 14.1. The second-order valence-corrected chi connectivity index (χ2v) is 8.23. The van der Waals surface area contributed by atoms with Crippen molar-refractivity contribution in [3.63, 3.8) is 0 Å². The number of nitrogens with zero attached hydrogens (tertiary/aromatic N) is 3. The number of likely N-dealkylation sites (tertiary alicyclic amines) is 1. The van der Waals surface area contributed by atoms with Gasteiger partial charge < -0.3 is 4.42 Å². The molecule has 0 spiro atoms. The minimum Gasteiger partial charge on any atom is -0.411 e. The molecular weight excluding hydrogens is 410 g/mol. The molecule has 4 rings (SSSR count). The van der Waals surface area contributed by atoms with E-state index >= 15 is 0 Å². The minimum absolute atomic E-state index is 0.230.